The van der Waals surface area contributed by atoms with Crippen LogP contribution in [0, 0.1) is 20.8 Å². The Labute approximate surface area is 165 Å². The molecule has 0 radical (unpaired) electrons. The van der Waals surface area contributed by atoms with Crippen molar-refractivity contribution in [1.29, 1.82) is 0 Å². The summed E-state index contributed by atoms with van der Waals surface area (Å²) in [5, 5.41) is 2.69. The van der Waals surface area contributed by atoms with Crippen molar-refractivity contribution in [2.45, 2.75) is 27.7 Å². The van der Waals surface area contributed by atoms with Crippen molar-refractivity contribution in [3.63, 3.8) is 0 Å². The Hall–Kier alpha value is -2.61. The van der Waals surface area contributed by atoms with Crippen LogP contribution in [-0.4, -0.2) is 36.0 Å². The predicted octanol–water partition coefficient (Wildman–Crippen LogP) is 3.67. The lowest BCUT2D eigenvalue weighted by Gasteiger charge is -2.09. The molecule has 1 aromatic heterocycles. The monoisotopic (exact) mass is 436 g/mol. The molecule has 0 aliphatic carbocycles. The normalized spacial score (nSPS) is 10.4. The minimum absolute atomic E-state index is 0.205. The molecule has 0 bridgehead atoms. The fourth-order valence-corrected chi connectivity index (χ4v) is 3.10. The molecular formula is C19H21BrN2O5. The van der Waals surface area contributed by atoms with E-state index in [0.717, 1.165) is 10.0 Å². The Balaban J connectivity index is 2.03. The van der Waals surface area contributed by atoms with E-state index >= 15 is 0 Å². The SMILES string of the molecule is CCOC(=O)c1[nH]c(C)c(C(=O)OCC(=O)Nc2ccc(Br)cc2C)c1C. The van der Waals surface area contributed by atoms with E-state index < -0.39 is 24.5 Å². The van der Waals surface area contributed by atoms with E-state index in [4.69, 9.17) is 9.47 Å². The molecule has 0 aliphatic rings. The third-order valence-corrected chi connectivity index (χ3v) is 4.41. The van der Waals surface area contributed by atoms with Crippen LogP contribution in [0.3, 0.4) is 0 Å². The molecule has 0 saturated heterocycles. The van der Waals surface area contributed by atoms with Crippen LogP contribution in [0.4, 0.5) is 5.69 Å². The number of benzene rings is 1. The second-order valence-corrected chi connectivity index (χ2v) is 6.84. The van der Waals surface area contributed by atoms with Crippen molar-refractivity contribution in [1.82, 2.24) is 4.98 Å². The number of anilines is 1. The Bertz CT molecular complexity index is 888. The highest BCUT2D eigenvalue weighted by atomic mass is 79.9. The first-order chi connectivity index (χ1) is 12.7. The van der Waals surface area contributed by atoms with Crippen LogP contribution in [-0.2, 0) is 14.3 Å². The number of amides is 1. The van der Waals surface area contributed by atoms with Gasteiger partial charge in [-0.25, -0.2) is 9.59 Å². The minimum atomic E-state index is -0.681. The van der Waals surface area contributed by atoms with Crippen molar-refractivity contribution in [3.8, 4) is 0 Å². The van der Waals surface area contributed by atoms with Gasteiger partial charge in [-0.05, 0) is 57.0 Å². The average Bonchev–Trinajstić information content (AvgIpc) is 2.90. The van der Waals surface area contributed by atoms with Gasteiger partial charge in [0.15, 0.2) is 6.61 Å². The molecule has 1 heterocycles. The first-order valence-electron chi connectivity index (χ1n) is 8.34. The van der Waals surface area contributed by atoms with E-state index in [0.29, 0.717) is 16.9 Å². The fraction of sp³-hybridized carbons (Fsp3) is 0.316. The molecule has 27 heavy (non-hydrogen) atoms. The Morgan fingerprint density at radius 3 is 2.44 bits per heavy atom. The molecular weight excluding hydrogens is 416 g/mol. The summed E-state index contributed by atoms with van der Waals surface area (Å²) in [5.74, 6) is -1.68. The quantitative estimate of drug-likeness (QED) is 0.673. The number of ether oxygens (including phenoxy) is 2. The molecule has 2 aromatic rings. The van der Waals surface area contributed by atoms with Crippen LogP contribution in [0.2, 0.25) is 0 Å². The fourth-order valence-electron chi connectivity index (χ4n) is 2.62. The van der Waals surface area contributed by atoms with Gasteiger partial charge in [-0.2, -0.15) is 0 Å². The summed E-state index contributed by atoms with van der Waals surface area (Å²) < 4.78 is 11.0. The van der Waals surface area contributed by atoms with E-state index in [2.05, 4.69) is 26.2 Å². The van der Waals surface area contributed by atoms with Crippen LogP contribution < -0.4 is 5.32 Å². The average molecular weight is 437 g/mol. The second kappa shape index (κ2) is 8.85. The lowest BCUT2D eigenvalue weighted by atomic mass is 10.1. The smallest absolute Gasteiger partial charge is 0.355 e. The molecule has 0 fully saturated rings. The number of halogens is 1. The van der Waals surface area contributed by atoms with E-state index in [9.17, 15) is 14.4 Å². The summed E-state index contributed by atoms with van der Waals surface area (Å²) in [4.78, 5) is 39.2. The number of aromatic nitrogens is 1. The van der Waals surface area contributed by atoms with E-state index in [1.165, 1.54) is 0 Å². The van der Waals surface area contributed by atoms with Gasteiger partial charge >= 0.3 is 11.9 Å². The van der Waals surface area contributed by atoms with E-state index in [-0.39, 0.29) is 17.9 Å². The highest BCUT2D eigenvalue weighted by Gasteiger charge is 2.24. The molecule has 0 unspecified atom stereocenters. The van der Waals surface area contributed by atoms with Gasteiger partial charge in [0, 0.05) is 15.9 Å². The van der Waals surface area contributed by atoms with Crippen molar-refractivity contribution in [2.75, 3.05) is 18.5 Å². The molecule has 1 aromatic carbocycles. The molecule has 2 N–H and O–H groups in total. The number of carbonyl (C=O) groups excluding carboxylic acids is 3. The van der Waals surface area contributed by atoms with Gasteiger partial charge in [0.05, 0.1) is 12.2 Å². The molecule has 144 valence electrons. The van der Waals surface area contributed by atoms with Gasteiger partial charge in [-0.3, -0.25) is 4.79 Å². The summed E-state index contributed by atoms with van der Waals surface area (Å²) >= 11 is 3.36. The summed E-state index contributed by atoms with van der Waals surface area (Å²) in [6.45, 7) is 6.62. The van der Waals surface area contributed by atoms with Crippen LogP contribution in [0.5, 0.6) is 0 Å². The predicted molar refractivity (Wildman–Crippen MR) is 104 cm³/mol. The lowest BCUT2D eigenvalue weighted by Crippen LogP contribution is -2.21. The third kappa shape index (κ3) is 4.97. The first kappa shape index (κ1) is 20.7. The molecule has 2 rings (SSSR count). The Kier molecular flexibility index (Phi) is 6.79. The summed E-state index contributed by atoms with van der Waals surface area (Å²) in [6.07, 6.45) is 0. The summed E-state index contributed by atoms with van der Waals surface area (Å²) in [6, 6.07) is 5.42. The Morgan fingerprint density at radius 1 is 1.11 bits per heavy atom. The molecule has 0 atom stereocenters. The number of hydrogen-bond acceptors (Lipinski definition) is 5. The van der Waals surface area contributed by atoms with Gasteiger partial charge in [-0.1, -0.05) is 15.9 Å². The largest absolute Gasteiger partial charge is 0.461 e. The molecule has 8 heteroatoms. The van der Waals surface area contributed by atoms with E-state index in [1.54, 1.807) is 32.9 Å². The van der Waals surface area contributed by atoms with Gasteiger partial charge in [0.25, 0.3) is 5.91 Å². The minimum Gasteiger partial charge on any atom is -0.461 e. The number of hydrogen-bond donors (Lipinski definition) is 2. The van der Waals surface area contributed by atoms with Crippen LogP contribution in [0.1, 0.15) is 44.6 Å². The molecule has 1 amide bonds. The number of H-pyrrole nitrogens is 1. The number of rotatable bonds is 6. The molecule has 0 spiro atoms. The number of carbonyl (C=O) groups is 3. The maximum Gasteiger partial charge on any atom is 0.355 e. The summed E-state index contributed by atoms with van der Waals surface area (Å²) in [5.41, 5.74) is 2.85. The number of aryl methyl sites for hydroxylation is 2. The van der Waals surface area contributed by atoms with Crippen molar-refractivity contribution in [3.05, 3.63) is 50.8 Å². The topological polar surface area (TPSA) is 97.5 Å². The molecule has 0 aliphatic heterocycles. The number of nitrogens with one attached hydrogen (secondary N) is 2. The van der Waals surface area contributed by atoms with Gasteiger partial charge in [0.2, 0.25) is 0 Å². The van der Waals surface area contributed by atoms with Gasteiger partial charge in [-0.15, -0.1) is 0 Å². The zero-order valence-electron chi connectivity index (χ0n) is 15.6. The second-order valence-electron chi connectivity index (χ2n) is 5.93. The van der Waals surface area contributed by atoms with Crippen LogP contribution in [0.25, 0.3) is 0 Å². The highest BCUT2D eigenvalue weighted by Crippen LogP contribution is 2.21. The zero-order chi connectivity index (χ0) is 20.1. The van der Waals surface area contributed by atoms with Crippen LogP contribution >= 0.6 is 15.9 Å². The number of aromatic amines is 1. The standard InChI is InChI=1S/C19H21BrN2O5/c1-5-26-19(25)17-11(3)16(12(4)21-17)18(24)27-9-15(23)22-14-7-6-13(20)8-10(14)2/h6-8,21H,5,9H2,1-4H3,(H,22,23). The van der Waals surface area contributed by atoms with Crippen LogP contribution in [0.15, 0.2) is 22.7 Å². The number of esters is 2. The third-order valence-electron chi connectivity index (χ3n) is 3.92. The molecule has 0 saturated carbocycles. The first-order valence-corrected chi connectivity index (χ1v) is 9.13. The van der Waals surface area contributed by atoms with E-state index in [1.807, 2.05) is 13.0 Å². The lowest BCUT2D eigenvalue weighted by molar-refractivity contribution is -0.119. The van der Waals surface area contributed by atoms with Crippen molar-refractivity contribution in [2.24, 2.45) is 0 Å². The van der Waals surface area contributed by atoms with Gasteiger partial charge < -0.3 is 19.8 Å². The van der Waals surface area contributed by atoms with Crippen molar-refractivity contribution >= 4 is 39.5 Å². The van der Waals surface area contributed by atoms with Crippen molar-refractivity contribution < 1.29 is 23.9 Å². The van der Waals surface area contributed by atoms with Gasteiger partial charge in [0.1, 0.15) is 5.69 Å². The Morgan fingerprint density at radius 2 is 1.81 bits per heavy atom. The summed E-state index contributed by atoms with van der Waals surface area (Å²) in [7, 11) is 0. The zero-order valence-corrected chi connectivity index (χ0v) is 17.2. The maximum absolute atomic E-state index is 12.4. The molecule has 7 nitrogen and oxygen atoms in total. The highest BCUT2D eigenvalue weighted by molar-refractivity contribution is 9.10. The maximum atomic E-state index is 12.4.